The Labute approximate surface area is 212 Å². The molecule has 2 heterocycles. The maximum atomic E-state index is 13.7. The van der Waals surface area contributed by atoms with Gasteiger partial charge in [0.2, 0.25) is 0 Å². The molecule has 5 heteroatoms. The van der Waals surface area contributed by atoms with Gasteiger partial charge in [-0.3, -0.25) is 4.98 Å². The van der Waals surface area contributed by atoms with E-state index in [-0.39, 0.29) is 11.0 Å². The standard InChI is InChI=1S/C32H24F3NO/c1-31(2,3)26-17-21(16-19-8-4-5-10-23(19)26)30-29-24-13-12-20(18-28(24)37-27(29)14-15-36-30)22-9-6-7-11-25(22)32(33,34)35/h4-18H,1-3H3. The Morgan fingerprint density at radius 1 is 0.676 bits per heavy atom. The number of nitrogens with zero attached hydrogens (tertiary/aromatic N) is 1. The molecule has 37 heavy (non-hydrogen) atoms. The first-order valence-electron chi connectivity index (χ1n) is 12.1. The van der Waals surface area contributed by atoms with E-state index >= 15 is 0 Å². The van der Waals surface area contributed by atoms with E-state index in [1.807, 2.05) is 18.2 Å². The number of fused-ring (bicyclic) bond motifs is 4. The van der Waals surface area contributed by atoms with Crippen LogP contribution in [0.4, 0.5) is 13.2 Å². The van der Waals surface area contributed by atoms with E-state index in [4.69, 9.17) is 9.40 Å². The molecule has 0 fully saturated rings. The summed E-state index contributed by atoms with van der Waals surface area (Å²) in [5, 5.41) is 4.00. The molecule has 0 aliphatic rings. The lowest BCUT2D eigenvalue weighted by Gasteiger charge is -2.22. The molecule has 0 aliphatic heterocycles. The zero-order valence-corrected chi connectivity index (χ0v) is 20.6. The van der Waals surface area contributed by atoms with E-state index in [1.165, 1.54) is 23.1 Å². The van der Waals surface area contributed by atoms with Gasteiger partial charge in [-0.25, -0.2) is 0 Å². The zero-order chi connectivity index (χ0) is 25.9. The average Bonchev–Trinajstić information content (AvgIpc) is 3.25. The van der Waals surface area contributed by atoms with Crippen LogP contribution in [0.15, 0.2) is 95.5 Å². The molecule has 4 aromatic carbocycles. The molecule has 2 nitrogen and oxygen atoms in total. The number of hydrogen-bond acceptors (Lipinski definition) is 2. The minimum Gasteiger partial charge on any atom is -0.456 e. The van der Waals surface area contributed by atoms with Gasteiger partial charge in [-0.2, -0.15) is 13.2 Å². The second-order valence-corrected chi connectivity index (χ2v) is 10.4. The van der Waals surface area contributed by atoms with Crippen molar-refractivity contribution in [3.8, 4) is 22.4 Å². The molecule has 184 valence electrons. The lowest BCUT2D eigenvalue weighted by Crippen LogP contribution is -2.12. The molecule has 0 saturated heterocycles. The Morgan fingerprint density at radius 2 is 1.43 bits per heavy atom. The Morgan fingerprint density at radius 3 is 2.22 bits per heavy atom. The van der Waals surface area contributed by atoms with E-state index in [0.717, 1.165) is 33.5 Å². The Balaban J connectivity index is 1.58. The third kappa shape index (κ3) is 3.95. The van der Waals surface area contributed by atoms with E-state index in [1.54, 1.807) is 30.5 Å². The van der Waals surface area contributed by atoms with E-state index < -0.39 is 11.7 Å². The van der Waals surface area contributed by atoms with E-state index in [0.29, 0.717) is 16.7 Å². The van der Waals surface area contributed by atoms with Gasteiger partial charge in [0.15, 0.2) is 0 Å². The van der Waals surface area contributed by atoms with Crippen LogP contribution in [0, 0.1) is 0 Å². The van der Waals surface area contributed by atoms with Crippen LogP contribution in [0.5, 0.6) is 0 Å². The lowest BCUT2D eigenvalue weighted by atomic mass is 9.82. The molecule has 6 rings (SSSR count). The summed E-state index contributed by atoms with van der Waals surface area (Å²) in [7, 11) is 0. The Hall–Kier alpha value is -4.12. The van der Waals surface area contributed by atoms with Gasteiger partial charge >= 0.3 is 6.18 Å². The molecule has 2 aromatic heterocycles. The number of alkyl halides is 3. The zero-order valence-electron chi connectivity index (χ0n) is 20.6. The maximum absolute atomic E-state index is 13.7. The van der Waals surface area contributed by atoms with E-state index in [9.17, 15) is 13.2 Å². The van der Waals surface area contributed by atoms with Crippen LogP contribution in [-0.2, 0) is 11.6 Å². The Kier molecular flexibility index (Phi) is 5.16. The first-order chi connectivity index (χ1) is 17.6. The average molecular weight is 496 g/mol. The second-order valence-electron chi connectivity index (χ2n) is 10.4. The number of aromatic nitrogens is 1. The molecule has 6 aromatic rings. The SMILES string of the molecule is CC(C)(C)c1cc(-c2nccc3oc4cc(-c5ccccc5C(F)(F)F)ccc4c23)cc2ccccc12. The summed E-state index contributed by atoms with van der Waals surface area (Å²) in [6, 6.07) is 25.3. The summed E-state index contributed by atoms with van der Waals surface area (Å²) < 4.78 is 47.1. The van der Waals surface area contributed by atoms with Crippen molar-refractivity contribution >= 4 is 32.7 Å². The topological polar surface area (TPSA) is 26.0 Å². The van der Waals surface area contributed by atoms with Crippen molar-refractivity contribution in [1.82, 2.24) is 4.98 Å². The number of hydrogen-bond donors (Lipinski definition) is 0. The van der Waals surface area contributed by atoms with Crippen LogP contribution >= 0.6 is 0 Å². The van der Waals surface area contributed by atoms with Crippen molar-refractivity contribution in [2.45, 2.75) is 32.4 Å². The first kappa shape index (κ1) is 23.3. The van der Waals surface area contributed by atoms with Crippen molar-refractivity contribution in [3.63, 3.8) is 0 Å². The summed E-state index contributed by atoms with van der Waals surface area (Å²) in [5.41, 5.74) is 3.98. The van der Waals surface area contributed by atoms with Gasteiger partial charge in [0.05, 0.1) is 16.6 Å². The van der Waals surface area contributed by atoms with Gasteiger partial charge in [0, 0.05) is 17.1 Å². The first-order valence-corrected chi connectivity index (χ1v) is 12.1. The molecular weight excluding hydrogens is 471 g/mol. The molecule has 0 saturated carbocycles. The fraction of sp³-hybridized carbons (Fsp3) is 0.156. The molecule has 0 aliphatic carbocycles. The van der Waals surface area contributed by atoms with Crippen LogP contribution in [0.2, 0.25) is 0 Å². The summed E-state index contributed by atoms with van der Waals surface area (Å²) in [6.07, 6.45) is -2.73. The molecule has 0 unspecified atom stereocenters. The summed E-state index contributed by atoms with van der Waals surface area (Å²) in [5.74, 6) is 0. The van der Waals surface area contributed by atoms with Crippen molar-refractivity contribution in [2.75, 3.05) is 0 Å². The molecule has 0 N–H and O–H groups in total. The molecule has 0 radical (unpaired) electrons. The third-order valence-electron chi connectivity index (χ3n) is 6.87. The van der Waals surface area contributed by atoms with Crippen molar-refractivity contribution in [1.29, 1.82) is 0 Å². The van der Waals surface area contributed by atoms with Gasteiger partial charge in [0.25, 0.3) is 0 Å². The van der Waals surface area contributed by atoms with Gasteiger partial charge in [-0.05, 0) is 69.3 Å². The lowest BCUT2D eigenvalue weighted by molar-refractivity contribution is -0.137. The third-order valence-corrected chi connectivity index (χ3v) is 6.87. The minimum absolute atomic E-state index is 0.0806. The Bertz CT molecular complexity index is 1810. The number of pyridine rings is 1. The molecule has 0 amide bonds. The van der Waals surface area contributed by atoms with Crippen LogP contribution in [-0.4, -0.2) is 4.98 Å². The van der Waals surface area contributed by atoms with Crippen LogP contribution in [0.3, 0.4) is 0 Å². The van der Waals surface area contributed by atoms with Gasteiger partial charge < -0.3 is 4.42 Å². The molecule has 0 bridgehead atoms. The summed E-state index contributed by atoms with van der Waals surface area (Å²) in [4.78, 5) is 4.75. The van der Waals surface area contributed by atoms with E-state index in [2.05, 4.69) is 45.0 Å². The van der Waals surface area contributed by atoms with Crippen molar-refractivity contribution in [2.24, 2.45) is 0 Å². The van der Waals surface area contributed by atoms with Crippen LogP contribution in [0.1, 0.15) is 31.9 Å². The summed E-state index contributed by atoms with van der Waals surface area (Å²) >= 11 is 0. The van der Waals surface area contributed by atoms with Crippen LogP contribution in [0.25, 0.3) is 55.1 Å². The van der Waals surface area contributed by atoms with Crippen molar-refractivity contribution < 1.29 is 17.6 Å². The number of benzene rings is 4. The van der Waals surface area contributed by atoms with Gasteiger partial charge in [0.1, 0.15) is 11.2 Å². The fourth-order valence-electron chi connectivity index (χ4n) is 5.16. The normalized spacial score (nSPS) is 12.6. The number of rotatable bonds is 2. The highest BCUT2D eigenvalue weighted by Crippen LogP contribution is 2.42. The highest BCUT2D eigenvalue weighted by molar-refractivity contribution is 6.12. The molecule has 0 atom stereocenters. The molecule has 0 spiro atoms. The molecular formula is C32H24F3NO. The minimum atomic E-state index is -4.45. The largest absolute Gasteiger partial charge is 0.456 e. The number of furan rings is 1. The summed E-state index contributed by atoms with van der Waals surface area (Å²) in [6.45, 7) is 6.58. The second kappa shape index (κ2) is 8.20. The fourth-order valence-corrected chi connectivity index (χ4v) is 5.16. The predicted octanol–water partition coefficient (Wildman–Crippen LogP) is 9.78. The number of halogens is 3. The van der Waals surface area contributed by atoms with Gasteiger partial charge in [-0.15, -0.1) is 0 Å². The highest BCUT2D eigenvalue weighted by Gasteiger charge is 2.33. The predicted molar refractivity (Wildman–Crippen MR) is 144 cm³/mol. The smallest absolute Gasteiger partial charge is 0.417 e. The maximum Gasteiger partial charge on any atom is 0.417 e. The van der Waals surface area contributed by atoms with Gasteiger partial charge in [-0.1, -0.05) is 69.3 Å². The van der Waals surface area contributed by atoms with Crippen molar-refractivity contribution in [3.05, 3.63) is 102 Å². The monoisotopic (exact) mass is 495 g/mol. The van der Waals surface area contributed by atoms with Crippen LogP contribution < -0.4 is 0 Å². The quantitative estimate of drug-likeness (QED) is 0.239. The highest BCUT2D eigenvalue weighted by atomic mass is 19.4.